The third kappa shape index (κ3) is 29.6. The molecule has 0 saturated carbocycles. The molecule has 6 N–H and O–H groups in total. The summed E-state index contributed by atoms with van der Waals surface area (Å²) in [7, 11) is 11.7. The summed E-state index contributed by atoms with van der Waals surface area (Å²) in [5.74, 6) is -11.0. The van der Waals surface area contributed by atoms with E-state index in [2.05, 4.69) is 26.6 Å². The first-order valence-corrected chi connectivity index (χ1v) is 35.9. The van der Waals surface area contributed by atoms with Crippen molar-refractivity contribution >= 4 is 76.9 Å². The van der Waals surface area contributed by atoms with Crippen molar-refractivity contribution in [1.29, 1.82) is 0 Å². The maximum atomic E-state index is 15.3. The zero-order chi connectivity index (χ0) is 78.7. The molecule has 0 radical (unpaired) electrons. The van der Waals surface area contributed by atoms with Crippen LogP contribution in [0.25, 0.3) is 0 Å². The zero-order valence-electron chi connectivity index (χ0n) is 66.7. The molecule has 0 aliphatic carbocycles. The fraction of sp³-hybridized carbons (Fsp3) is 0.795. The Bertz CT molecular complexity index is 2790. The van der Waals surface area contributed by atoms with E-state index in [-0.39, 0.29) is 68.4 Å². The highest BCUT2D eigenvalue weighted by Gasteiger charge is 2.47. The molecule has 28 nitrogen and oxygen atoms in total. The molecule has 0 aliphatic rings. The Morgan fingerprint density at radius 2 is 0.941 bits per heavy atom. The van der Waals surface area contributed by atoms with Crippen LogP contribution in [0, 0.1) is 41.4 Å². The number of hydrogen-bond donors (Lipinski definition) is 6. The zero-order valence-corrected chi connectivity index (χ0v) is 66.7. The minimum Gasteiger partial charge on any atom is -0.462 e. The number of aliphatic hydroxyl groups is 1. The van der Waals surface area contributed by atoms with Crippen LogP contribution in [0.1, 0.15) is 190 Å². The van der Waals surface area contributed by atoms with Gasteiger partial charge in [-0.15, -0.1) is 0 Å². The minimum absolute atomic E-state index is 0.0613. The quantitative estimate of drug-likeness (QED) is 0.0369. The molecule has 0 aromatic carbocycles. The van der Waals surface area contributed by atoms with Gasteiger partial charge in [-0.05, 0) is 135 Å². The Morgan fingerprint density at radius 3 is 1.39 bits per heavy atom. The van der Waals surface area contributed by atoms with E-state index >= 15 is 14.4 Å². The van der Waals surface area contributed by atoms with Gasteiger partial charge in [0.2, 0.25) is 65.0 Å². The maximum absolute atomic E-state index is 15.3. The molecule has 0 aromatic heterocycles. The number of allylic oxidation sites excluding steroid dienone is 2. The number of esters is 2. The molecule has 0 heterocycles. The van der Waals surface area contributed by atoms with Crippen LogP contribution < -0.4 is 26.6 Å². The Hall–Kier alpha value is -7.23. The van der Waals surface area contributed by atoms with Crippen LogP contribution in [0.4, 0.5) is 0 Å². The maximum Gasteiger partial charge on any atom is 0.328 e. The molecule has 0 bridgehead atoms. The van der Waals surface area contributed by atoms with Gasteiger partial charge in [0.05, 0.1) is 18.2 Å². The fourth-order valence-electron chi connectivity index (χ4n) is 12.0. The van der Waals surface area contributed by atoms with Gasteiger partial charge in [0, 0.05) is 63.2 Å². The van der Waals surface area contributed by atoms with Gasteiger partial charge in [-0.3, -0.25) is 57.5 Å². The second kappa shape index (κ2) is 43.7. The Kier molecular flexibility index (Phi) is 40.5. The SMILES string of the molecule is CC=CCC(C)C(OC(C)=O)C(C(=O)NC(CC)C(=O)OCCN(C)C(C)=O)N(C)C(=O)C(C(C)C)N(C)C(=O)C(CC(C)C)N(C)C(=O)C(CC(C)C)N(C)C(=O)C(C)NC(=O)C(C)NC(=O)C(CC(C)C)N(C)C(=O)C(NC(=O)C(C(C)CCC(C)(C)O)N(C)C(=O)C(C)NC)C(C)C. The topological polar surface area (TPSA) is 343 Å². The summed E-state index contributed by atoms with van der Waals surface area (Å²) in [6, 6.07) is -13.0. The lowest BCUT2D eigenvalue weighted by molar-refractivity contribution is -0.164. The van der Waals surface area contributed by atoms with Crippen molar-refractivity contribution in [3.63, 3.8) is 0 Å². The highest BCUT2D eigenvalue weighted by molar-refractivity contribution is 5.99. The van der Waals surface area contributed by atoms with Crippen LogP contribution >= 0.6 is 0 Å². The molecule has 14 unspecified atom stereocenters. The van der Waals surface area contributed by atoms with E-state index < -0.39 is 167 Å². The first-order valence-electron chi connectivity index (χ1n) is 35.9. The number of carbonyl (C=O) groups is 13. The van der Waals surface area contributed by atoms with E-state index in [1.165, 1.54) is 99.4 Å². The minimum atomic E-state index is -1.57. The van der Waals surface area contributed by atoms with Crippen molar-refractivity contribution in [2.75, 3.05) is 69.5 Å². The van der Waals surface area contributed by atoms with Gasteiger partial charge >= 0.3 is 11.9 Å². The second-order valence-corrected chi connectivity index (χ2v) is 30.2. The monoisotopic (exact) mass is 1430 g/mol. The first-order chi connectivity index (χ1) is 46.5. The van der Waals surface area contributed by atoms with Crippen LogP contribution in [0.5, 0.6) is 0 Å². The summed E-state index contributed by atoms with van der Waals surface area (Å²) in [4.78, 5) is 193. The molecule has 28 heteroatoms. The summed E-state index contributed by atoms with van der Waals surface area (Å²) in [5.41, 5.74) is -1.05. The van der Waals surface area contributed by atoms with Gasteiger partial charge in [-0.1, -0.05) is 102 Å². The lowest BCUT2D eigenvalue weighted by Gasteiger charge is -2.42. The number of likely N-dealkylation sites (N-methyl/N-ethyl adjacent to an activating group) is 8. The van der Waals surface area contributed by atoms with Crippen LogP contribution in [-0.2, 0) is 71.8 Å². The molecular weight excluding hydrogens is 1300 g/mol. The molecular formula is C73H132N12O16. The Balaban J connectivity index is 7.21. The largest absolute Gasteiger partial charge is 0.462 e. The highest BCUT2D eigenvalue weighted by atomic mass is 16.5. The smallest absolute Gasteiger partial charge is 0.328 e. The predicted octanol–water partition coefficient (Wildman–Crippen LogP) is 4.14. The summed E-state index contributed by atoms with van der Waals surface area (Å²) >= 11 is 0. The van der Waals surface area contributed by atoms with Crippen molar-refractivity contribution in [1.82, 2.24) is 60.9 Å². The average molecular weight is 1430 g/mol. The van der Waals surface area contributed by atoms with Crippen molar-refractivity contribution in [2.24, 2.45) is 41.4 Å². The van der Waals surface area contributed by atoms with E-state index in [1.54, 1.807) is 96.3 Å². The fourth-order valence-corrected chi connectivity index (χ4v) is 12.0. The first kappa shape index (κ1) is 93.8. The number of hydrogen-bond acceptors (Lipinski definition) is 17. The standard InChI is InChI=1S/C73H132N12O16/c1-30-32-33-47(14)61(101-52(19)87)60(65(91)77-53(31-2)72(98)100-37-36-79(23)51(18)86)85(29)71(97)58(45(11)12)83(27)69(95)56(40-43(7)8)82(26)68(94)55(39-42(5)6)81(25)67(93)50(17)76-62(88)48(15)75-63(89)54(38-41(3)4)80(24)70(96)57(44(9)10)78-64(90)59(46(13)34-35-73(20,21)99)84(28)66(92)49(16)74-22/h30,32,41-50,53-61,74,99H,31,33-40H2,1-29H3,(H,75,89)(H,76,88)(H,77,91)(H,78,90). The van der Waals surface area contributed by atoms with Crippen molar-refractivity contribution in [3.05, 3.63) is 12.2 Å². The molecule has 101 heavy (non-hydrogen) atoms. The lowest BCUT2D eigenvalue weighted by Crippen LogP contribution is -2.63. The lowest BCUT2D eigenvalue weighted by atomic mass is 9.89. The van der Waals surface area contributed by atoms with Crippen LogP contribution in [-0.4, -0.2) is 264 Å². The number of nitrogens with one attached hydrogen (secondary N) is 5. The number of carbonyl (C=O) groups excluding carboxylic acids is 13. The molecule has 0 fully saturated rings. The van der Waals surface area contributed by atoms with Gasteiger partial charge in [-0.25, -0.2) is 4.79 Å². The Morgan fingerprint density at radius 1 is 0.495 bits per heavy atom. The van der Waals surface area contributed by atoms with Gasteiger partial charge in [-0.2, -0.15) is 0 Å². The van der Waals surface area contributed by atoms with Gasteiger partial charge in [0.25, 0.3) is 0 Å². The number of nitrogens with zero attached hydrogens (tertiary/aromatic N) is 7. The Labute approximate surface area is 604 Å². The molecule has 0 rings (SSSR count). The average Bonchev–Trinajstić information content (AvgIpc) is 0.791. The van der Waals surface area contributed by atoms with Gasteiger partial charge < -0.3 is 75.5 Å². The van der Waals surface area contributed by atoms with Crippen molar-refractivity contribution in [3.8, 4) is 0 Å². The van der Waals surface area contributed by atoms with Crippen molar-refractivity contribution in [2.45, 2.75) is 269 Å². The molecule has 11 amide bonds. The van der Waals surface area contributed by atoms with Crippen LogP contribution in [0.3, 0.4) is 0 Å². The third-order valence-corrected chi connectivity index (χ3v) is 18.5. The normalized spacial score (nSPS) is 16.0. The van der Waals surface area contributed by atoms with E-state index in [1.807, 2.05) is 47.6 Å². The highest BCUT2D eigenvalue weighted by Crippen LogP contribution is 2.28. The predicted molar refractivity (Wildman–Crippen MR) is 388 cm³/mol. The van der Waals surface area contributed by atoms with E-state index in [9.17, 15) is 53.1 Å². The summed E-state index contributed by atoms with van der Waals surface area (Å²) in [5, 5.41) is 24.4. The molecule has 14 atom stereocenters. The number of rotatable bonds is 43. The van der Waals surface area contributed by atoms with Gasteiger partial charge in [0.15, 0.2) is 0 Å². The number of ether oxygens (including phenoxy) is 2. The molecule has 580 valence electrons. The molecule has 0 aromatic rings. The number of amides is 11. The summed E-state index contributed by atoms with van der Waals surface area (Å²) in [6.45, 7) is 35.3. The van der Waals surface area contributed by atoms with E-state index in [4.69, 9.17) is 9.47 Å². The summed E-state index contributed by atoms with van der Waals surface area (Å²) in [6.07, 6.45) is 3.75. The van der Waals surface area contributed by atoms with E-state index in [0.29, 0.717) is 19.3 Å². The third-order valence-electron chi connectivity index (χ3n) is 18.5. The van der Waals surface area contributed by atoms with E-state index in [0.717, 1.165) is 4.90 Å². The van der Waals surface area contributed by atoms with Crippen LogP contribution in [0.15, 0.2) is 12.2 Å². The molecule has 0 spiro atoms. The molecule has 0 aliphatic heterocycles. The van der Waals surface area contributed by atoms with Crippen LogP contribution in [0.2, 0.25) is 0 Å². The summed E-state index contributed by atoms with van der Waals surface area (Å²) < 4.78 is 11.3. The van der Waals surface area contributed by atoms with Crippen molar-refractivity contribution < 1.29 is 76.9 Å². The second-order valence-electron chi connectivity index (χ2n) is 30.2. The molecule has 0 saturated heterocycles. The van der Waals surface area contributed by atoms with Gasteiger partial charge in [0.1, 0.15) is 73.1 Å².